The Labute approximate surface area is 132 Å². The Morgan fingerprint density at radius 3 is 2.78 bits per heavy atom. The van der Waals surface area contributed by atoms with E-state index in [2.05, 4.69) is 10.5 Å². The molecule has 0 aromatic heterocycles. The molecule has 2 aromatic rings. The summed E-state index contributed by atoms with van der Waals surface area (Å²) in [4.78, 5) is 12.1. The fraction of sp³-hybridized carbons (Fsp3) is 0.176. The average molecular weight is 314 g/mol. The maximum atomic E-state index is 13.2. The van der Waals surface area contributed by atoms with Gasteiger partial charge >= 0.3 is 0 Å². The number of hydrogen-bond acceptors (Lipinski definition) is 4. The number of hydrazone groups is 1. The molecule has 0 spiro atoms. The molecule has 2 aromatic carbocycles. The van der Waals surface area contributed by atoms with Gasteiger partial charge in [-0.1, -0.05) is 24.3 Å². The van der Waals surface area contributed by atoms with Gasteiger partial charge in [-0.25, -0.2) is 9.82 Å². The monoisotopic (exact) mass is 314 g/mol. The van der Waals surface area contributed by atoms with E-state index in [4.69, 9.17) is 9.47 Å². The van der Waals surface area contributed by atoms with Crippen LogP contribution in [0.5, 0.6) is 11.5 Å². The summed E-state index contributed by atoms with van der Waals surface area (Å²) in [6, 6.07) is 13.1. The lowest BCUT2D eigenvalue weighted by Gasteiger charge is -2.24. The van der Waals surface area contributed by atoms with E-state index >= 15 is 0 Å². The van der Waals surface area contributed by atoms with Crippen LogP contribution in [0.25, 0.3) is 0 Å². The summed E-state index contributed by atoms with van der Waals surface area (Å²) in [5.41, 5.74) is 3.51. The van der Waals surface area contributed by atoms with Crippen LogP contribution in [0.1, 0.15) is 12.5 Å². The molecule has 5 nitrogen and oxygen atoms in total. The van der Waals surface area contributed by atoms with Crippen molar-refractivity contribution in [1.29, 1.82) is 0 Å². The standard InChI is InChI=1S/C17H15FN2O3/c1-11(12-5-4-6-13(18)9-12)19-20-17(21)16-10-22-14-7-2-3-8-15(14)23-16/h2-9,16H,10H2,1H3,(H,20,21). The Bertz CT molecular complexity index is 761. The number of fused-ring (bicyclic) bond motifs is 1. The molecule has 118 valence electrons. The average Bonchev–Trinajstić information content (AvgIpc) is 2.59. The van der Waals surface area contributed by atoms with Gasteiger partial charge in [0.15, 0.2) is 11.5 Å². The van der Waals surface area contributed by atoms with E-state index in [1.54, 1.807) is 37.3 Å². The number of amides is 1. The number of nitrogens with one attached hydrogen (secondary N) is 1. The zero-order chi connectivity index (χ0) is 16.2. The van der Waals surface area contributed by atoms with E-state index in [1.807, 2.05) is 6.07 Å². The maximum Gasteiger partial charge on any atom is 0.284 e. The van der Waals surface area contributed by atoms with Gasteiger partial charge in [0.25, 0.3) is 5.91 Å². The summed E-state index contributed by atoms with van der Waals surface area (Å²) in [6.07, 6.45) is -0.783. The van der Waals surface area contributed by atoms with Crippen molar-refractivity contribution < 1.29 is 18.7 Å². The molecule has 1 heterocycles. The topological polar surface area (TPSA) is 59.9 Å². The number of ether oxygens (including phenoxy) is 2. The molecule has 3 rings (SSSR count). The van der Waals surface area contributed by atoms with Crippen molar-refractivity contribution >= 4 is 11.6 Å². The second kappa shape index (κ2) is 6.48. The number of hydrogen-bond donors (Lipinski definition) is 1. The van der Waals surface area contributed by atoms with Gasteiger partial charge in [0.2, 0.25) is 6.10 Å². The zero-order valence-corrected chi connectivity index (χ0v) is 12.5. The summed E-state index contributed by atoms with van der Waals surface area (Å²) in [7, 11) is 0. The van der Waals surface area contributed by atoms with Gasteiger partial charge in [0.1, 0.15) is 12.4 Å². The summed E-state index contributed by atoms with van der Waals surface area (Å²) < 4.78 is 24.2. The van der Waals surface area contributed by atoms with Crippen molar-refractivity contribution in [3.05, 3.63) is 59.9 Å². The Balaban J connectivity index is 1.65. The second-order valence-electron chi connectivity index (χ2n) is 5.05. The summed E-state index contributed by atoms with van der Waals surface area (Å²) >= 11 is 0. The predicted molar refractivity (Wildman–Crippen MR) is 83.1 cm³/mol. The molecule has 0 fully saturated rings. The van der Waals surface area contributed by atoms with Crippen LogP contribution in [0.4, 0.5) is 4.39 Å². The van der Waals surface area contributed by atoms with Crippen LogP contribution in [0, 0.1) is 5.82 Å². The van der Waals surface area contributed by atoms with Crippen LogP contribution < -0.4 is 14.9 Å². The van der Waals surface area contributed by atoms with Crippen molar-refractivity contribution in [3.63, 3.8) is 0 Å². The van der Waals surface area contributed by atoms with Gasteiger partial charge in [-0.05, 0) is 31.2 Å². The molecule has 1 N–H and O–H groups in total. The number of benzene rings is 2. The summed E-state index contributed by atoms with van der Waals surface area (Å²) in [5.74, 6) is 0.347. The molecule has 0 bridgehead atoms. The van der Waals surface area contributed by atoms with Crippen molar-refractivity contribution in [1.82, 2.24) is 5.43 Å². The second-order valence-corrected chi connectivity index (χ2v) is 5.05. The molecule has 1 unspecified atom stereocenters. The minimum absolute atomic E-state index is 0.109. The van der Waals surface area contributed by atoms with Crippen LogP contribution in [0.2, 0.25) is 0 Å². The first kappa shape index (κ1) is 15.0. The molecule has 0 saturated heterocycles. The molecule has 1 aliphatic heterocycles. The van der Waals surface area contributed by atoms with Gasteiger partial charge in [-0.3, -0.25) is 4.79 Å². The van der Waals surface area contributed by atoms with Crippen LogP contribution in [-0.2, 0) is 4.79 Å². The van der Waals surface area contributed by atoms with Crippen LogP contribution in [-0.4, -0.2) is 24.3 Å². The van der Waals surface area contributed by atoms with E-state index in [0.29, 0.717) is 22.8 Å². The fourth-order valence-electron chi connectivity index (χ4n) is 2.14. The number of halogens is 1. The van der Waals surface area contributed by atoms with Crippen molar-refractivity contribution in [2.75, 3.05) is 6.61 Å². The van der Waals surface area contributed by atoms with Gasteiger partial charge in [0.05, 0.1) is 5.71 Å². The Morgan fingerprint density at radius 1 is 1.22 bits per heavy atom. The third-order valence-corrected chi connectivity index (χ3v) is 3.38. The van der Waals surface area contributed by atoms with E-state index in [1.165, 1.54) is 12.1 Å². The Kier molecular flexibility index (Phi) is 4.23. The van der Waals surface area contributed by atoms with Crippen molar-refractivity contribution in [2.45, 2.75) is 13.0 Å². The number of carbonyl (C=O) groups excluding carboxylic acids is 1. The van der Waals surface area contributed by atoms with E-state index in [-0.39, 0.29) is 12.4 Å². The summed E-state index contributed by atoms with van der Waals surface area (Å²) in [6.45, 7) is 1.79. The molecule has 0 radical (unpaired) electrons. The minimum atomic E-state index is -0.783. The lowest BCUT2D eigenvalue weighted by atomic mass is 10.1. The van der Waals surface area contributed by atoms with Gasteiger partial charge in [-0.2, -0.15) is 5.10 Å². The highest BCUT2D eigenvalue weighted by atomic mass is 19.1. The van der Waals surface area contributed by atoms with Crippen molar-refractivity contribution in [3.8, 4) is 11.5 Å². The maximum absolute atomic E-state index is 13.2. The Morgan fingerprint density at radius 2 is 2.00 bits per heavy atom. The summed E-state index contributed by atoms with van der Waals surface area (Å²) in [5, 5.41) is 3.98. The molecule has 6 heteroatoms. The first-order valence-corrected chi connectivity index (χ1v) is 7.12. The number of nitrogens with zero attached hydrogens (tertiary/aromatic N) is 1. The molecule has 0 saturated carbocycles. The largest absolute Gasteiger partial charge is 0.485 e. The van der Waals surface area contributed by atoms with Crippen LogP contribution in [0.15, 0.2) is 53.6 Å². The number of rotatable bonds is 3. The molecule has 1 aliphatic rings. The first-order chi connectivity index (χ1) is 11.1. The smallest absolute Gasteiger partial charge is 0.284 e. The van der Waals surface area contributed by atoms with E-state index in [9.17, 15) is 9.18 Å². The lowest BCUT2D eigenvalue weighted by molar-refractivity contribution is -0.130. The first-order valence-electron chi connectivity index (χ1n) is 7.12. The quantitative estimate of drug-likeness (QED) is 0.699. The third-order valence-electron chi connectivity index (χ3n) is 3.38. The SMILES string of the molecule is CC(=NNC(=O)C1COc2ccccc2O1)c1cccc(F)c1. The van der Waals surface area contributed by atoms with Crippen LogP contribution >= 0.6 is 0 Å². The molecule has 1 atom stereocenters. The predicted octanol–water partition coefficient (Wildman–Crippen LogP) is 2.51. The van der Waals surface area contributed by atoms with E-state index in [0.717, 1.165) is 0 Å². The lowest BCUT2D eigenvalue weighted by Crippen LogP contribution is -2.42. The molecule has 23 heavy (non-hydrogen) atoms. The zero-order valence-electron chi connectivity index (χ0n) is 12.5. The van der Waals surface area contributed by atoms with Gasteiger partial charge in [0, 0.05) is 5.56 Å². The van der Waals surface area contributed by atoms with Gasteiger partial charge in [-0.15, -0.1) is 0 Å². The molecule has 0 aliphatic carbocycles. The fourth-order valence-corrected chi connectivity index (χ4v) is 2.14. The minimum Gasteiger partial charge on any atom is -0.485 e. The highest BCUT2D eigenvalue weighted by Crippen LogP contribution is 2.30. The molecular formula is C17H15FN2O3. The van der Waals surface area contributed by atoms with Gasteiger partial charge < -0.3 is 9.47 Å². The third kappa shape index (κ3) is 3.48. The molecule has 1 amide bonds. The molecular weight excluding hydrogens is 299 g/mol. The van der Waals surface area contributed by atoms with E-state index < -0.39 is 12.0 Å². The van der Waals surface area contributed by atoms with Crippen LogP contribution in [0.3, 0.4) is 0 Å². The normalized spacial score (nSPS) is 16.8. The van der Waals surface area contributed by atoms with Crippen molar-refractivity contribution in [2.24, 2.45) is 5.10 Å². The number of para-hydroxylation sites is 2. The Hall–Kier alpha value is -2.89. The highest BCUT2D eigenvalue weighted by molar-refractivity contribution is 5.99. The number of carbonyl (C=O) groups is 1. The highest BCUT2D eigenvalue weighted by Gasteiger charge is 2.27.